The predicted molar refractivity (Wildman–Crippen MR) is 97.7 cm³/mol. The average molecular weight is 429 g/mol. The van der Waals surface area contributed by atoms with Gasteiger partial charge in [0.2, 0.25) is 0 Å². The highest BCUT2D eigenvalue weighted by atomic mass is 19.4. The fourth-order valence-electron chi connectivity index (χ4n) is 2.27. The van der Waals surface area contributed by atoms with Gasteiger partial charge in [-0.05, 0) is 42.8 Å². The summed E-state index contributed by atoms with van der Waals surface area (Å²) >= 11 is 0. The van der Waals surface area contributed by atoms with Gasteiger partial charge in [0.25, 0.3) is 5.91 Å². The third kappa shape index (κ3) is 6.87. The molecule has 0 radical (unpaired) electrons. The quantitative estimate of drug-likeness (QED) is 0.387. The number of carbonyl (C=O) groups is 2. The molecule has 2 aromatic carbocycles. The van der Waals surface area contributed by atoms with Crippen molar-refractivity contribution in [2.45, 2.75) is 25.8 Å². The average Bonchev–Trinajstić information content (AvgIpc) is 2.66. The standard InChI is InChI=1S/C20H16F5NO4/c1-12(18(28)26-16-5-3-2-4-15(16)20(23,24)25)29-17(27)11-8-13-6-9-14(10-7-13)30-19(21)22/h2-12,19H,1H3,(H,26,28)/b11-8+. The summed E-state index contributed by atoms with van der Waals surface area (Å²) in [4.78, 5) is 23.9. The number of esters is 1. The molecule has 10 heteroatoms. The Bertz CT molecular complexity index is 910. The maximum absolute atomic E-state index is 13.0. The van der Waals surface area contributed by atoms with Gasteiger partial charge < -0.3 is 14.8 Å². The molecule has 1 atom stereocenters. The molecule has 1 unspecified atom stereocenters. The van der Waals surface area contributed by atoms with Crippen LogP contribution in [0.4, 0.5) is 27.6 Å². The summed E-state index contributed by atoms with van der Waals surface area (Å²) in [5.41, 5.74) is -1.03. The molecule has 0 aromatic heterocycles. The fourth-order valence-corrected chi connectivity index (χ4v) is 2.27. The number of alkyl halides is 5. The van der Waals surface area contributed by atoms with Gasteiger partial charge in [0, 0.05) is 6.08 Å². The summed E-state index contributed by atoms with van der Waals surface area (Å²) < 4.78 is 72.1. The zero-order valence-corrected chi connectivity index (χ0v) is 15.5. The molecule has 0 saturated carbocycles. The molecule has 0 fully saturated rings. The maximum Gasteiger partial charge on any atom is 0.418 e. The van der Waals surface area contributed by atoms with Crippen molar-refractivity contribution >= 4 is 23.6 Å². The van der Waals surface area contributed by atoms with Gasteiger partial charge >= 0.3 is 18.8 Å². The molecular formula is C20H16F5NO4. The van der Waals surface area contributed by atoms with Crippen molar-refractivity contribution in [3.63, 3.8) is 0 Å². The van der Waals surface area contributed by atoms with E-state index in [1.54, 1.807) is 0 Å². The van der Waals surface area contributed by atoms with Crippen molar-refractivity contribution in [2.75, 3.05) is 5.32 Å². The number of amides is 1. The first-order chi connectivity index (χ1) is 14.1. The molecule has 5 nitrogen and oxygen atoms in total. The minimum Gasteiger partial charge on any atom is -0.449 e. The molecule has 0 spiro atoms. The molecule has 1 N–H and O–H groups in total. The van der Waals surface area contributed by atoms with Crippen LogP contribution in [-0.2, 0) is 20.5 Å². The first kappa shape index (κ1) is 22.9. The van der Waals surface area contributed by atoms with Gasteiger partial charge in [-0.1, -0.05) is 24.3 Å². The van der Waals surface area contributed by atoms with Crippen molar-refractivity contribution in [3.05, 3.63) is 65.7 Å². The van der Waals surface area contributed by atoms with E-state index >= 15 is 0 Å². The van der Waals surface area contributed by atoms with Crippen LogP contribution in [0.2, 0.25) is 0 Å². The van der Waals surface area contributed by atoms with Gasteiger partial charge in [0.05, 0.1) is 11.3 Å². The third-order valence-corrected chi connectivity index (χ3v) is 3.67. The summed E-state index contributed by atoms with van der Waals surface area (Å²) in [5.74, 6) is -1.93. The highest BCUT2D eigenvalue weighted by Gasteiger charge is 2.34. The summed E-state index contributed by atoms with van der Waals surface area (Å²) in [5, 5.41) is 2.08. The van der Waals surface area contributed by atoms with Crippen LogP contribution in [-0.4, -0.2) is 24.6 Å². The van der Waals surface area contributed by atoms with Crippen molar-refractivity contribution in [2.24, 2.45) is 0 Å². The number of hydrogen-bond acceptors (Lipinski definition) is 4. The summed E-state index contributed by atoms with van der Waals surface area (Å²) in [7, 11) is 0. The molecular weight excluding hydrogens is 413 g/mol. The Morgan fingerprint density at radius 2 is 1.67 bits per heavy atom. The van der Waals surface area contributed by atoms with Crippen LogP contribution < -0.4 is 10.1 Å². The van der Waals surface area contributed by atoms with E-state index in [1.165, 1.54) is 49.4 Å². The number of halogens is 5. The highest BCUT2D eigenvalue weighted by Crippen LogP contribution is 2.34. The second-order valence-electron chi connectivity index (χ2n) is 5.89. The number of rotatable bonds is 7. The molecule has 2 rings (SSSR count). The Morgan fingerprint density at radius 1 is 1.03 bits per heavy atom. The lowest BCUT2D eigenvalue weighted by Crippen LogP contribution is -2.30. The highest BCUT2D eigenvalue weighted by molar-refractivity contribution is 5.97. The van der Waals surface area contributed by atoms with Gasteiger partial charge in [0.15, 0.2) is 6.10 Å². The fraction of sp³-hybridized carbons (Fsp3) is 0.200. The Balaban J connectivity index is 1.94. The Hall–Kier alpha value is -3.43. The maximum atomic E-state index is 13.0. The lowest BCUT2D eigenvalue weighted by Gasteiger charge is -2.16. The second kappa shape index (κ2) is 9.86. The van der Waals surface area contributed by atoms with Crippen LogP contribution in [0, 0.1) is 0 Å². The van der Waals surface area contributed by atoms with E-state index < -0.39 is 42.0 Å². The van der Waals surface area contributed by atoms with E-state index in [1.807, 2.05) is 0 Å². The summed E-state index contributed by atoms with van der Waals surface area (Å²) in [6.45, 7) is -1.76. The molecule has 0 aliphatic carbocycles. The van der Waals surface area contributed by atoms with Crippen molar-refractivity contribution in [1.29, 1.82) is 0 Å². The van der Waals surface area contributed by atoms with Gasteiger partial charge in [-0.15, -0.1) is 0 Å². The van der Waals surface area contributed by atoms with Crippen LogP contribution >= 0.6 is 0 Å². The smallest absolute Gasteiger partial charge is 0.418 e. The zero-order valence-electron chi connectivity index (χ0n) is 15.5. The first-order valence-electron chi connectivity index (χ1n) is 8.47. The van der Waals surface area contributed by atoms with Crippen LogP contribution in [0.1, 0.15) is 18.1 Å². The van der Waals surface area contributed by atoms with E-state index in [-0.39, 0.29) is 5.75 Å². The molecule has 160 valence electrons. The van der Waals surface area contributed by atoms with Gasteiger partial charge in [-0.2, -0.15) is 22.0 Å². The molecule has 0 bridgehead atoms. The summed E-state index contributed by atoms with van der Waals surface area (Å²) in [6, 6.07) is 9.75. The monoisotopic (exact) mass is 429 g/mol. The van der Waals surface area contributed by atoms with E-state index in [4.69, 9.17) is 4.74 Å². The SMILES string of the molecule is CC(OC(=O)/C=C/c1ccc(OC(F)F)cc1)C(=O)Nc1ccccc1C(F)(F)F. The van der Waals surface area contributed by atoms with Crippen molar-refractivity contribution in [3.8, 4) is 5.75 Å². The number of para-hydroxylation sites is 1. The Labute approximate surface area is 168 Å². The number of carbonyl (C=O) groups excluding carboxylic acids is 2. The third-order valence-electron chi connectivity index (χ3n) is 3.67. The molecule has 0 aliphatic rings. The van der Waals surface area contributed by atoms with E-state index in [0.717, 1.165) is 18.2 Å². The lowest BCUT2D eigenvalue weighted by molar-refractivity contribution is -0.148. The van der Waals surface area contributed by atoms with Crippen LogP contribution in [0.3, 0.4) is 0 Å². The lowest BCUT2D eigenvalue weighted by atomic mass is 10.1. The zero-order chi connectivity index (χ0) is 22.3. The van der Waals surface area contributed by atoms with Gasteiger partial charge in [-0.3, -0.25) is 4.79 Å². The molecule has 30 heavy (non-hydrogen) atoms. The van der Waals surface area contributed by atoms with Crippen molar-refractivity contribution in [1.82, 2.24) is 0 Å². The number of hydrogen-bond donors (Lipinski definition) is 1. The Kier molecular flexibility index (Phi) is 7.51. The van der Waals surface area contributed by atoms with Gasteiger partial charge in [-0.25, -0.2) is 4.79 Å². The van der Waals surface area contributed by atoms with E-state index in [9.17, 15) is 31.5 Å². The molecule has 2 aromatic rings. The summed E-state index contributed by atoms with van der Waals surface area (Å²) in [6.07, 6.45) is -3.75. The second-order valence-corrected chi connectivity index (χ2v) is 5.89. The minimum atomic E-state index is -4.66. The molecule has 0 heterocycles. The molecule has 0 aliphatic heterocycles. The van der Waals surface area contributed by atoms with Gasteiger partial charge in [0.1, 0.15) is 5.75 Å². The van der Waals surface area contributed by atoms with Crippen LogP contribution in [0.5, 0.6) is 5.75 Å². The first-order valence-corrected chi connectivity index (χ1v) is 8.47. The van der Waals surface area contributed by atoms with Crippen molar-refractivity contribution < 1.29 is 41.0 Å². The Morgan fingerprint density at radius 3 is 2.27 bits per heavy atom. The topological polar surface area (TPSA) is 64.6 Å². The van der Waals surface area contributed by atoms with E-state index in [0.29, 0.717) is 5.56 Å². The molecule has 1 amide bonds. The van der Waals surface area contributed by atoms with Crippen LogP contribution in [0.25, 0.3) is 6.08 Å². The number of anilines is 1. The minimum absolute atomic E-state index is 0.0610. The normalized spacial score (nSPS) is 12.6. The number of nitrogens with one attached hydrogen (secondary N) is 1. The predicted octanol–water partition coefficient (Wildman–Crippen LogP) is 4.89. The van der Waals surface area contributed by atoms with Crippen LogP contribution in [0.15, 0.2) is 54.6 Å². The largest absolute Gasteiger partial charge is 0.449 e. The van der Waals surface area contributed by atoms with E-state index in [2.05, 4.69) is 10.1 Å². The molecule has 0 saturated heterocycles. The number of ether oxygens (including phenoxy) is 2. The number of benzene rings is 2.